The third-order valence-electron chi connectivity index (χ3n) is 6.17. The molecule has 12 heteroatoms. The van der Waals surface area contributed by atoms with Crippen LogP contribution in [-0.4, -0.2) is 65.1 Å². The van der Waals surface area contributed by atoms with Crippen LogP contribution >= 0.6 is 0 Å². The molecule has 0 atom stereocenters. The Morgan fingerprint density at radius 3 is 2.29 bits per heavy atom. The molecule has 1 saturated heterocycles. The van der Waals surface area contributed by atoms with E-state index in [0.717, 1.165) is 37.9 Å². The van der Waals surface area contributed by atoms with Crippen molar-refractivity contribution in [3.8, 4) is 17.2 Å². The molecule has 0 bridgehead atoms. The standard InChI is InChI=1S/C26H29F3N4O5/c1-5-38-25(34)22-23(26(27,28)29)16-13-20(36-3)21(37-4)14-18(16)32-24(22)31-17-7-6-15(12-19(17)35-2)33-10-8-30-9-11-33/h6-7,12-14,30H,5,8-11H2,1-4H3,(H,31,32). The molecule has 1 fully saturated rings. The Morgan fingerprint density at radius 2 is 1.68 bits per heavy atom. The fourth-order valence-corrected chi connectivity index (χ4v) is 4.41. The first-order chi connectivity index (χ1) is 18.2. The van der Waals surface area contributed by atoms with Crippen LogP contribution in [0, 0.1) is 0 Å². The van der Waals surface area contributed by atoms with Gasteiger partial charge in [-0.2, -0.15) is 13.2 Å². The maximum atomic E-state index is 14.5. The SMILES string of the molecule is CCOC(=O)c1c(Nc2ccc(N3CCNCC3)cc2OC)nc2cc(OC)c(OC)cc2c1C(F)(F)F. The highest BCUT2D eigenvalue weighted by molar-refractivity contribution is 6.04. The topological polar surface area (TPSA) is 94.2 Å². The van der Waals surface area contributed by atoms with Crippen LogP contribution in [0.25, 0.3) is 10.9 Å². The second kappa shape index (κ2) is 11.2. The number of halogens is 3. The van der Waals surface area contributed by atoms with Crippen molar-refractivity contribution in [2.45, 2.75) is 13.1 Å². The number of methoxy groups -OCH3 is 3. The van der Waals surface area contributed by atoms with Gasteiger partial charge in [0, 0.05) is 49.4 Å². The molecule has 0 unspecified atom stereocenters. The summed E-state index contributed by atoms with van der Waals surface area (Å²) in [7, 11) is 4.13. The number of nitrogens with zero attached hydrogens (tertiary/aromatic N) is 2. The largest absolute Gasteiger partial charge is 0.494 e. The average Bonchev–Trinajstić information content (AvgIpc) is 2.91. The number of alkyl halides is 3. The van der Waals surface area contributed by atoms with Crippen LogP contribution in [0.15, 0.2) is 30.3 Å². The summed E-state index contributed by atoms with van der Waals surface area (Å²) in [5, 5.41) is 5.85. The van der Waals surface area contributed by atoms with Crippen LogP contribution in [0.3, 0.4) is 0 Å². The second-order valence-corrected chi connectivity index (χ2v) is 8.40. The summed E-state index contributed by atoms with van der Waals surface area (Å²) in [6.45, 7) is 4.66. The van der Waals surface area contributed by atoms with E-state index >= 15 is 0 Å². The van der Waals surface area contributed by atoms with Crippen molar-refractivity contribution < 1.29 is 36.9 Å². The van der Waals surface area contributed by atoms with E-state index in [1.54, 1.807) is 12.1 Å². The average molecular weight is 535 g/mol. The van der Waals surface area contributed by atoms with Gasteiger partial charge in [-0.3, -0.25) is 0 Å². The molecule has 9 nitrogen and oxygen atoms in total. The van der Waals surface area contributed by atoms with Gasteiger partial charge in [0.1, 0.15) is 17.1 Å². The predicted octanol–water partition coefficient (Wildman–Crippen LogP) is 4.61. The minimum atomic E-state index is -4.92. The molecule has 4 rings (SSSR count). The van der Waals surface area contributed by atoms with E-state index in [0.29, 0.717) is 11.4 Å². The summed E-state index contributed by atoms with van der Waals surface area (Å²) >= 11 is 0. The second-order valence-electron chi connectivity index (χ2n) is 8.40. The molecule has 0 aliphatic carbocycles. The first-order valence-electron chi connectivity index (χ1n) is 12.0. The van der Waals surface area contributed by atoms with E-state index in [1.165, 1.54) is 34.3 Å². The van der Waals surface area contributed by atoms with Crippen molar-refractivity contribution >= 4 is 34.1 Å². The summed E-state index contributed by atoms with van der Waals surface area (Å²) in [6.07, 6.45) is -4.92. The van der Waals surface area contributed by atoms with Crippen molar-refractivity contribution in [1.29, 1.82) is 0 Å². The van der Waals surface area contributed by atoms with Gasteiger partial charge < -0.3 is 34.5 Å². The predicted molar refractivity (Wildman–Crippen MR) is 137 cm³/mol. The fourth-order valence-electron chi connectivity index (χ4n) is 4.41. The summed E-state index contributed by atoms with van der Waals surface area (Å²) in [5.41, 5.74) is -0.758. The van der Waals surface area contributed by atoms with Gasteiger partial charge in [-0.05, 0) is 25.1 Å². The van der Waals surface area contributed by atoms with Gasteiger partial charge in [-0.15, -0.1) is 0 Å². The minimum Gasteiger partial charge on any atom is -0.494 e. The van der Waals surface area contributed by atoms with Gasteiger partial charge in [0.25, 0.3) is 0 Å². The monoisotopic (exact) mass is 534 g/mol. The molecule has 2 aromatic carbocycles. The zero-order valence-electron chi connectivity index (χ0n) is 21.5. The Kier molecular flexibility index (Phi) is 8.00. The number of esters is 1. The molecule has 204 valence electrons. The van der Waals surface area contributed by atoms with E-state index in [2.05, 4.69) is 20.5 Å². The highest BCUT2D eigenvalue weighted by Crippen LogP contribution is 2.44. The lowest BCUT2D eigenvalue weighted by Gasteiger charge is -2.30. The first kappa shape index (κ1) is 27.1. The number of rotatable bonds is 8. The number of carbonyl (C=O) groups excluding carboxylic acids is 1. The maximum absolute atomic E-state index is 14.5. The van der Waals surface area contributed by atoms with Gasteiger partial charge in [0.15, 0.2) is 11.5 Å². The number of hydrogen-bond donors (Lipinski definition) is 2. The van der Waals surface area contributed by atoms with Crippen LogP contribution in [0.1, 0.15) is 22.8 Å². The van der Waals surface area contributed by atoms with Crippen molar-refractivity contribution in [3.63, 3.8) is 0 Å². The van der Waals surface area contributed by atoms with E-state index in [9.17, 15) is 18.0 Å². The van der Waals surface area contributed by atoms with Gasteiger partial charge in [0.05, 0.1) is 44.7 Å². The number of piperazine rings is 1. The number of carbonyl (C=O) groups is 1. The lowest BCUT2D eigenvalue weighted by molar-refractivity contribution is -0.136. The summed E-state index contributed by atoms with van der Waals surface area (Å²) in [6, 6.07) is 7.78. The fraction of sp³-hybridized carbons (Fsp3) is 0.385. The van der Waals surface area contributed by atoms with Gasteiger partial charge >= 0.3 is 12.1 Å². The Hall–Kier alpha value is -3.93. The molecular weight excluding hydrogens is 505 g/mol. The maximum Gasteiger partial charge on any atom is 0.418 e. The highest BCUT2D eigenvalue weighted by Gasteiger charge is 2.41. The van der Waals surface area contributed by atoms with Crippen molar-refractivity contribution in [2.24, 2.45) is 0 Å². The summed E-state index contributed by atoms with van der Waals surface area (Å²) in [4.78, 5) is 19.5. The Labute approximate surface area is 217 Å². The molecule has 0 saturated carbocycles. The smallest absolute Gasteiger partial charge is 0.418 e. The highest BCUT2D eigenvalue weighted by atomic mass is 19.4. The van der Waals surface area contributed by atoms with Crippen molar-refractivity contribution in [2.75, 3.05) is 64.3 Å². The van der Waals surface area contributed by atoms with Crippen LogP contribution < -0.4 is 29.7 Å². The van der Waals surface area contributed by atoms with Crippen LogP contribution in [-0.2, 0) is 10.9 Å². The molecule has 1 aliphatic rings. The molecule has 38 heavy (non-hydrogen) atoms. The molecule has 2 N–H and O–H groups in total. The number of ether oxygens (including phenoxy) is 4. The van der Waals surface area contributed by atoms with Crippen molar-refractivity contribution in [1.82, 2.24) is 10.3 Å². The van der Waals surface area contributed by atoms with Crippen LogP contribution in [0.4, 0.5) is 30.4 Å². The third kappa shape index (κ3) is 5.35. The number of fused-ring (bicyclic) bond motifs is 1. The zero-order chi connectivity index (χ0) is 27.4. The molecule has 1 aliphatic heterocycles. The molecular formula is C26H29F3N4O5. The molecule has 0 amide bonds. The van der Waals surface area contributed by atoms with E-state index in [1.807, 2.05) is 6.07 Å². The number of nitrogens with one attached hydrogen (secondary N) is 2. The van der Waals surface area contributed by atoms with E-state index in [-0.39, 0.29) is 34.8 Å². The lowest BCUT2D eigenvalue weighted by Crippen LogP contribution is -2.43. The number of hydrogen-bond acceptors (Lipinski definition) is 9. The van der Waals surface area contributed by atoms with Crippen LogP contribution in [0.5, 0.6) is 17.2 Å². The molecule has 3 aromatic rings. The summed E-state index contributed by atoms with van der Waals surface area (Å²) < 4.78 is 64.7. The Balaban J connectivity index is 1.92. The lowest BCUT2D eigenvalue weighted by atomic mass is 10.0. The quantitative estimate of drug-likeness (QED) is 0.402. The van der Waals surface area contributed by atoms with Crippen molar-refractivity contribution in [3.05, 3.63) is 41.5 Å². The summed E-state index contributed by atoms with van der Waals surface area (Å²) in [5.74, 6) is -0.869. The number of pyridine rings is 1. The van der Waals surface area contributed by atoms with E-state index in [4.69, 9.17) is 18.9 Å². The minimum absolute atomic E-state index is 0.0538. The first-order valence-corrected chi connectivity index (χ1v) is 12.0. The van der Waals surface area contributed by atoms with Gasteiger partial charge in [-0.25, -0.2) is 9.78 Å². The number of aromatic nitrogens is 1. The molecule has 1 aromatic heterocycles. The number of anilines is 3. The Bertz CT molecular complexity index is 1330. The van der Waals surface area contributed by atoms with E-state index < -0.39 is 23.3 Å². The third-order valence-corrected chi connectivity index (χ3v) is 6.17. The zero-order valence-corrected chi connectivity index (χ0v) is 21.5. The number of benzene rings is 2. The van der Waals surface area contributed by atoms with Crippen LogP contribution in [0.2, 0.25) is 0 Å². The molecule has 2 heterocycles. The normalized spacial score (nSPS) is 13.8. The Morgan fingerprint density at radius 1 is 1.03 bits per heavy atom. The molecule has 0 radical (unpaired) electrons. The van der Waals surface area contributed by atoms with Gasteiger partial charge in [-0.1, -0.05) is 0 Å². The van der Waals surface area contributed by atoms with Gasteiger partial charge in [0.2, 0.25) is 0 Å². The molecule has 0 spiro atoms.